The highest BCUT2D eigenvalue weighted by atomic mass is 32.2. The van der Waals surface area contributed by atoms with Crippen LogP contribution in [0.15, 0.2) is 53.6 Å². The van der Waals surface area contributed by atoms with Crippen LogP contribution in [0.5, 0.6) is 0 Å². The lowest BCUT2D eigenvalue weighted by molar-refractivity contribution is -0.114. The van der Waals surface area contributed by atoms with Gasteiger partial charge >= 0.3 is 0 Å². The van der Waals surface area contributed by atoms with Crippen molar-refractivity contribution >= 4 is 38.6 Å². The van der Waals surface area contributed by atoms with Gasteiger partial charge in [0.05, 0.1) is 9.77 Å². The van der Waals surface area contributed by atoms with Crippen LogP contribution >= 0.6 is 11.3 Å². The molecule has 3 aromatic rings. The first kappa shape index (κ1) is 23.9. The first-order valence-electron chi connectivity index (χ1n) is 10.1. The van der Waals surface area contributed by atoms with Crippen molar-refractivity contribution in [2.24, 2.45) is 0 Å². The molecule has 0 bridgehead atoms. The molecule has 170 valence electrons. The van der Waals surface area contributed by atoms with Gasteiger partial charge in [-0.05, 0) is 56.4 Å². The van der Waals surface area contributed by atoms with Crippen LogP contribution in [0.4, 0.5) is 11.4 Å². The fourth-order valence-corrected chi connectivity index (χ4v) is 5.43. The van der Waals surface area contributed by atoms with Gasteiger partial charge in [0.2, 0.25) is 15.9 Å². The molecule has 0 atom stereocenters. The molecule has 0 aliphatic heterocycles. The van der Waals surface area contributed by atoms with Gasteiger partial charge in [0.1, 0.15) is 5.01 Å². The van der Waals surface area contributed by atoms with Gasteiger partial charge < -0.3 is 16.0 Å². The molecule has 4 N–H and O–H groups in total. The van der Waals surface area contributed by atoms with Crippen molar-refractivity contribution in [1.29, 1.82) is 0 Å². The Bertz CT molecular complexity index is 1170. The molecular formula is C22H27N5O3S2. The van der Waals surface area contributed by atoms with Gasteiger partial charge in [0.15, 0.2) is 0 Å². The number of sulfonamides is 1. The van der Waals surface area contributed by atoms with Gasteiger partial charge in [-0.1, -0.05) is 6.07 Å². The second kappa shape index (κ2) is 10.7. The molecule has 0 saturated heterocycles. The van der Waals surface area contributed by atoms with Gasteiger partial charge in [0.25, 0.3) is 0 Å². The number of anilines is 2. The van der Waals surface area contributed by atoms with E-state index in [2.05, 4.69) is 25.7 Å². The first-order chi connectivity index (χ1) is 15.3. The van der Waals surface area contributed by atoms with Crippen LogP contribution in [-0.4, -0.2) is 46.5 Å². The number of hydrogen-bond acceptors (Lipinski definition) is 7. The normalized spacial score (nSPS) is 11.3. The standard InChI is InChI=1S/C22H27N5O3S2/c1-15(28)27-18-9-10-19(21(13-18)32(29,30)26-12-4-11-23-2)20-14-25-22(31-20)16-5-7-17(24-3)8-6-16/h5-10,13-14,23-24,26H,4,11-12H2,1-3H3,(H,27,28). The minimum absolute atomic E-state index is 0.105. The highest BCUT2D eigenvalue weighted by molar-refractivity contribution is 7.89. The number of rotatable bonds is 10. The monoisotopic (exact) mass is 473 g/mol. The number of nitrogens with zero attached hydrogens (tertiary/aromatic N) is 1. The lowest BCUT2D eigenvalue weighted by Gasteiger charge is -2.13. The Balaban J connectivity index is 1.98. The highest BCUT2D eigenvalue weighted by Crippen LogP contribution is 2.37. The minimum atomic E-state index is -3.80. The fraction of sp³-hybridized carbons (Fsp3) is 0.273. The molecule has 0 radical (unpaired) electrons. The summed E-state index contributed by atoms with van der Waals surface area (Å²) < 4.78 is 28.9. The summed E-state index contributed by atoms with van der Waals surface area (Å²) in [5.74, 6) is -0.270. The molecular weight excluding hydrogens is 446 g/mol. The van der Waals surface area contributed by atoms with Gasteiger partial charge in [0, 0.05) is 49.2 Å². The molecule has 0 saturated carbocycles. The Morgan fingerprint density at radius 1 is 1.03 bits per heavy atom. The Morgan fingerprint density at radius 2 is 1.75 bits per heavy atom. The number of carbonyl (C=O) groups is 1. The van der Waals surface area contributed by atoms with E-state index in [4.69, 9.17) is 0 Å². The lowest BCUT2D eigenvalue weighted by Crippen LogP contribution is -2.27. The summed E-state index contributed by atoms with van der Waals surface area (Å²) in [4.78, 5) is 16.8. The average molecular weight is 474 g/mol. The zero-order chi connectivity index (χ0) is 23.1. The molecule has 0 spiro atoms. The van der Waals surface area contributed by atoms with Crippen molar-refractivity contribution in [3.63, 3.8) is 0 Å². The SMILES string of the molecule is CNCCCNS(=O)(=O)c1cc(NC(C)=O)ccc1-c1cnc(-c2ccc(NC)cc2)s1. The molecule has 1 heterocycles. The molecule has 3 rings (SSSR count). The van der Waals surface area contributed by atoms with Crippen molar-refractivity contribution in [2.45, 2.75) is 18.2 Å². The Hall–Kier alpha value is -2.79. The van der Waals surface area contributed by atoms with E-state index < -0.39 is 10.0 Å². The van der Waals surface area contributed by atoms with Crippen LogP contribution in [0.1, 0.15) is 13.3 Å². The van der Waals surface area contributed by atoms with E-state index >= 15 is 0 Å². The minimum Gasteiger partial charge on any atom is -0.388 e. The summed E-state index contributed by atoms with van der Waals surface area (Å²) in [6.45, 7) is 2.39. The van der Waals surface area contributed by atoms with Crippen LogP contribution in [0.2, 0.25) is 0 Å². The maximum absolute atomic E-state index is 13.1. The quantitative estimate of drug-likeness (QED) is 0.336. The van der Waals surface area contributed by atoms with Crippen LogP contribution in [0.3, 0.4) is 0 Å². The van der Waals surface area contributed by atoms with Gasteiger partial charge in [-0.15, -0.1) is 11.3 Å². The van der Waals surface area contributed by atoms with Crippen molar-refractivity contribution < 1.29 is 13.2 Å². The van der Waals surface area contributed by atoms with E-state index in [0.29, 0.717) is 30.8 Å². The summed E-state index contributed by atoms with van der Waals surface area (Å²) in [5, 5.41) is 9.52. The second-order valence-corrected chi connectivity index (χ2v) is 9.87. The maximum Gasteiger partial charge on any atom is 0.241 e. The van der Waals surface area contributed by atoms with Gasteiger partial charge in [-0.25, -0.2) is 18.1 Å². The van der Waals surface area contributed by atoms with Crippen LogP contribution in [0, 0.1) is 0 Å². The molecule has 8 nitrogen and oxygen atoms in total. The molecule has 0 unspecified atom stereocenters. The molecule has 32 heavy (non-hydrogen) atoms. The third kappa shape index (κ3) is 5.92. The zero-order valence-electron chi connectivity index (χ0n) is 18.2. The average Bonchev–Trinajstić information content (AvgIpc) is 3.26. The maximum atomic E-state index is 13.1. The topological polar surface area (TPSA) is 112 Å². The summed E-state index contributed by atoms with van der Waals surface area (Å²) in [6.07, 6.45) is 2.34. The van der Waals surface area contributed by atoms with Crippen molar-refractivity contribution in [2.75, 3.05) is 37.8 Å². The number of hydrogen-bond donors (Lipinski definition) is 4. The molecule has 1 amide bonds. The van der Waals surface area contributed by atoms with Gasteiger partial charge in [-0.2, -0.15) is 0 Å². The summed E-state index contributed by atoms with van der Waals surface area (Å²) in [5.41, 5.74) is 2.90. The van der Waals surface area contributed by atoms with E-state index in [-0.39, 0.29) is 10.8 Å². The van der Waals surface area contributed by atoms with Crippen LogP contribution < -0.4 is 20.7 Å². The Kier molecular flexibility index (Phi) is 7.97. The summed E-state index contributed by atoms with van der Waals surface area (Å²) in [7, 11) is -0.127. The van der Waals surface area contributed by atoms with Gasteiger partial charge in [-0.3, -0.25) is 4.79 Å². The fourth-order valence-electron chi connectivity index (χ4n) is 3.09. The number of carbonyl (C=O) groups excluding carboxylic acids is 1. The molecule has 0 aliphatic carbocycles. The Labute approximate surface area is 192 Å². The molecule has 2 aromatic carbocycles. The zero-order valence-corrected chi connectivity index (χ0v) is 19.9. The number of amides is 1. The number of aromatic nitrogens is 1. The molecule has 1 aromatic heterocycles. The van der Waals surface area contributed by atoms with E-state index in [0.717, 1.165) is 21.1 Å². The third-order valence-corrected chi connectivity index (χ3v) is 7.26. The predicted octanol–water partition coefficient (Wildman–Crippen LogP) is 3.37. The molecule has 10 heteroatoms. The molecule has 0 fully saturated rings. The van der Waals surface area contributed by atoms with Crippen LogP contribution in [-0.2, 0) is 14.8 Å². The van der Waals surface area contributed by atoms with E-state index in [1.54, 1.807) is 18.3 Å². The molecule has 0 aliphatic rings. The summed E-state index contributed by atoms with van der Waals surface area (Å²) in [6, 6.07) is 12.7. The smallest absolute Gasteiger partial charge is 0.241 e. The van der Waals surface area contributed by atoms with Crippen LogP contribution in [0.25, 0.3) is 21.0 Å². The van der Waals surface area contributed by atoms with Crippen molar-refractivity contribution in [3.05, 3.63) is 48.7 Å². The number of benzene rings is 2. The summed E-state index contributed by atoms with van der Waals surface area (Å²) >= 11 is 1.41. The van der Waals surface area contributed by atoms with E-state index in [1.165, 1.54) is 24.3 Å². The van der Waals surface area contributed by atoms with E-state index in [9.17, 15) is 13.2 Å². The number of thiazole rings is 1. The first-order valence-corrected chi connectivity index (χ1v) is 12.4. The van der Waals surface area contributed by atoms with Crippen molar-refractivity contribution in [1.82, 2.24) is 15.0 Å². The third-order valence-electron chi connectivity index (χ3n) is 4.68. The Morgan fingerprint density at radius 3 is 2.41 bits per heavy atom. The second-order valence-electron chi connectivity index (χ2n) is 7.10. The lowest BCUT2D eigenvalue weighted by atomic mass is 10.2. The highest BCUT2D eigenvalue weighted by Gasteiger charge is 2.22. The largest absolute Gasteiger partial charge is 0.388 e. The predicted molar refractivity (Wildman–Crippen MR) is 131 cm³/mol. The van der Waals surface area contributed by atoms with Crippen molar-refractivity contribution in [3.8, 4) is 21.0 Å². The van der Waals surface area contributed by atoms with E-state index in [1.807, 2.05) is 38.4 Å². The number of nitrogens with one attached hydrogen (secondary N) is 4.